The van der Waals surface area contributed by atoms with Gasteiger partial charge in [0.05, 0.1) is 34.7 Å². The first-order valence-electron chi connectivity index (χ1n) is 10.5. The van der Waals surface area contributed by atoms with E-state index in [-0.39, 0.29) is 11.0 Å². The van der Waals surface area contributed by atoms with Crippen molar-refractivity contribution >= 4 is 44.3 Å². The second-order valence-electron chi connectivity index (χ2n) is 7.76. The van der Waals surface area contributed by atoms with Gasteiger partial charge in [-0.1, -0.05) is 6.07 Å². The van der Waals surface area contributed by atoms with E-state index in [9.17, 15) is 13.2 Å². The molecule has 0 spiro atoms. The third-order valence-corrected chi connectivity index (χ3v) is 6.19. The number of ether oxygens (including phenoxy) is 2. The minimum atomic E-state index is -3.87. The van der Waals surface area contributed by atoms with Crippen molar-refractivity contribution in [2.45, 2.75) is 24.8 Å². The number of hydrogen-bond acceptors (Lipinski definition) is 7. The molecule has 0 radical (unpaired) electrons. The highest BCUT2D eigenvalue weighted by Gasteiger charge is 2.17. The van der Waals surface area contributed by atoms with Gasteiger partial charge in [-0.25, -0.2) is 18.2 Å². The molecule has 0 aliphatic rings. The molecular formula is C24H24N4O5S. The number of aromatic nitrogens is 2. The molecule has 0 aliphatic carbocycles. The van der Waals surface area contributed by atoms with Crippen LogP contribution in [0.2, 0.25) is 0 Å². The fraction of sp³-hybridized carbons (Fsp3) is 0.167. The van der Waals surface area contributed by atoms with Crippen molar-refractivity contribution in [3.05, 3.63) is 72.3 Å². The Morgan fingerprint density at radius 3 is 2.47 bits per heavy atom. The number of benzene rings is 3. The Morgan fingerprint density at radius 2 is 1.76 bits per heavy atom. The van der Waals surface area contributed by atoms with Gasteiger partial charge in [0.2, 0.25) is 5.95 Å². The lowest BCUT2D eigenvalue weighted by Crippen LogP contribution is -2.14. The molecular weight excluding hydrogens is 456 g/mol. The smallest absolute Gasteiger partial charge is 0.338 e. The molecule has 10 heteroatoms. The van der Waals surface area contributed by atoms with E-state index in [1.54, 1.807) is 27.0 Å². The van der Waals surface area contributed by atoms with Gasteiger partial charge in [0.15, 0.2) is 0 Å². The topological polar surface area (TPSA) is 122 Å². The SMILES string of the molecule is COc1cccc(Nc2nc3cc(S(=O)(=O)Nc4ccc(C(=O)OC(C)C)cc4)ccc3[nH]2)c1. The lowest BCUT2D eigenvalue weighted by Gasteiger charge is -2.10. The Balaban J connectivity index is 1.51. The van der Waals surface area contributed by atoms with Gasteiger partial charge in [0.25, 0.3) is 10.0 Å². The third kappa shape index (κ3) is 5.29. The number of H-pyrrole nitrogens is 1. The molecule has 0 amide bonds. The summed E-state index contributed by atoms with van der Waals surface area (Å²) in [5.41, 5.74) is 2.60. The first kappa shape index (κ1) is 23.1. The highest BCUT2D eigenvalue weighted by atomic mass is 32.2. The zero-order chi connectivity index (χ0) is 24.3. The van der Waals surface area contributed by atoms with Gasteiger partial charge >= 0.3 is 5.97 Å². The molecule has 9 nitrogen and oxygen atoms in total. The summed E-state index contributed by atoms with van der Waals surface area (Å²) in [6.45, 7) is 3.52. The molecule has 0 saturated carbocycles. The van der Waals surface area contributed by atoms with Crippen molar-refractivity contribution in [2.24, 2.45) is 0 Å². The van der Waals surface area contributed by atoms with Crippen LogP contribution in [0.1, 0.15) is 24.2 Å². The summed E-state index contributed by atoms with van der Waals surface area (Å²) in [4.78, 5) is 19.6. The maximum Gasteiger partial charge on any atom is 0.338 e. The minimum absolute atomic E-state index is 0.0581. The van der Waals surface area contributed by atoms with E-state index >= 15 is 0 Å². The van der Waals surface area contributed by atoms with Crippen LogP contribution in [0.5, 0.6) is 5.75 Å². The Hall–Kier alpha value is -4.05. The highest BCUT2D eigenvalue weighted by molar-refractivity contribution is 7.92. The summed E-state index contributed by atoms with van der Waals surface area (Å²) >= 11 is 0. The maximum atomic E-state index is 12.9. The monoisotopic (exact) mass is 480 g/mol. The molecule has 4 rings (SSSR count). The lowest BCUT2D eigenvalue weighted by atomic mass is 10.2. The van der Waals surface area contributed by atoms with E-state index in [0.29, 0.717) is 34.0 Å². The predicted octanol–water partition coefficient (Wildman–Crippen LogP) is 4.68. The molecule has 3 N–H and O–H groups in total. The molecule has 1 heterocycles. The summed E-state index contributed by atoms with van der Waals surface area (Å²) < 4.78 is 38.7. The van der Waals surface area contributed by atoms with Crippen LogP contribution in [-0.4, -0.2) is 37.6 Å². The second-order valence-corrected chi connectivity index (χ2v) is 9.44. The number of fused-ring (bicyclic) bond motifs is 1. The van der Waals surface area contributed by atoms with Crippen molar-refractivity contribution in [3.63, 3.8) is 0 Å². The van der Waals surface area contributed by atoms with Gasteiger partial charge in [-0.05, 0) is 68.4 Å². The number of hydrogen-bond donors (Lipinski definition) is 3. The van der Waals surface area contributed by atoms with Crippen molar-refractivity contribution in [1.82, 2.24) is 9.97 Å². The Morgan fingerprint density at radius 1 is 1.00 bits per heavy atom. The van der Waals surface area contributed by atoms with Crippen molar-refractivity contribution in [2.75, 3.05) is 17.1 Å². The number of carbonyl (C=O) groups is 1. The van der Waals surface area contributed by atoms with Crippen LogP contribution in [0.25, 0.3) is 11.0 Å². The minimum Gasteiger partial charge on any atom is -0.497 e. The van der Waals surface area contributed by atoms with Gasteiger partial charge in [0.1, 0.15) is 5.75 Å². The van der Waals surface area contributed by atoms with Crippen LogP contribution in [0, 0.1) is 0 Å². The second kappa shape index (κ2) is 9.44. The summed E-state index contributed by atoms with van der Waals surface area (Å²) in [6.07, 6.45) is -0.242. The van der Waals surface area contributed by atoms with E-state index in [4.69, 9.17) is 9.47 Å². The normalized spacial score (nSPS) is 11.4. The van der Waals surface area contributed by atoms with Gasteiger partial charge in [-0.15, -0.1) is 0 Å². The van der Waals surface area contributed by atoms with Crippen LogP contribution in [0.4, 0.5) is 17.3 Å². The number of nitrogens with one attached hydrogen (secondary N) is 3. The average Bonchev–Trinajstić information content (AvgIpc) is 3.20. The number of imidazole rings is 1. The maximum absolute atomic E-state index is 12.9. The fourth-order valence-electron chi connectivity index (χ4n) is 3.22. The zero-order valence-electron chi connectivity index (χ0n) is 18.8. The number of sulfonamides is 1. The molecule has 0 unspecified atom stereocenters. The van der Waals surface area contributed by atoms with Gasteiger partial charge in [-0.2, -0.15) is 0 Å². The average molecular weight is 481 g/mol. The largest absolute Gasteiger partial charge is 0.497 e. The standard InChI is InChI=1S/C24H24N4O5S/c1-15(2)33-23(29)16-7-9-17(10-8-16)28-34(30,31)20-11-12-21-22(14-20)27-24(26-21)25-18-5-4-6-19(13-18)32-3/h4-15,28H,1-3H3,(H2,25,26,27). The van der Waals surface area contributed by atoms with E-state index in [2.05, 4.69) is 20.0 Å². The quantitative estimate of drug-likeness (QED) is 0.313. The summed E-state index contributed by atoms with van der Waals surface area (Å²) in [7, 11) is -2.28. The molecule has 176 valence electrons. The predicted molar refractivity (Wildman–Crippen MR) is 130 cm³/mol. The van der Waals surface area contributed by atoms with E-state index in [1.807, 2.05) is 24.3 Å². The van der Waals surface area contributed by atoms with Gasteiger partial charge < -0.3 is 19.8 Å². The number of anilines is 3. The van der Waals surface area contributed by atoms with Crippen molar-refractivity contribution in [3.8, 4) is 5.75 Å². The zero-order valence-corrected chi connectivity index (χ0v) is 19.6. The van der Waals surface area contributed by atoms with Gasteiger partial charge in [-0.3, -0.25) is 4.72 Å². The first-order chi connectivity index (χ1) is 16.2. The molecule has 0 bridgehead atoms. The Kier molecular flexibility index (Phi) is 6.42. The number of nitrogens with zero attached hydrogens (tertiary/aromatic N) is 1. The van der Waals surface area contributed by atoms with E-state index < -0.39 is 16.0 Å². The Labute approximate surface area is 197 Å². The van der Waals surface area contributed by atoms with E-state index in [1.165, 1.54) is 36.4 Å². The molecule has 0 atom stereocenters. The third-order valence-electron chi connectivity index (χ3n) is 4.81. The molecule has 0 aliphatic heterocycles. The molecule has 4 aromatic rings. The number of esters is 1. The first-order valence-corrected chi connectivity index (χ1v) is 12.0. The van der Waals surface area contributed by atoms with Crippen LogP contribution in [-0.2, 0) is 14.8 Å². The molecule has 1 aromatic heterocycles. The lowest BCUT2D eigenvalue weighted by molar-refractivity contribution is 0.0378. The number of methoxy groups -OCH3 is 1. The van der Waals surface area contributed by atoms with E-state index in [0.717, 1.165) is 5.69 Å². The summed E-state index contributed by atoms with van der Waals surface area (Å²) in [5.74, 6) is 0.701. The summed E-state index contributed by atoms with van der Waals surface area (Å²) in [5, 5.41) is 3.14. The molecule has 34 heavy (non-hydrogen) atoms. The van der Waals surface area contributed by atoms with Crippen LogP contribution in [0.3, 0.4) is 0 Å². The number of carbonyl (C=O) groups excluding carboxylic acids is 1. The highest BCUT2D eigenvalue weighted by Crippen LogP contribution is 2.24. The molecule has 0 saturated heterocycles. The molecule has 3 aromatic carbocycles. The molecule has 0 fully saturated rings. The van der Waals surface area contributed by atoms with Crippen LogP contribution < -0.4 is 14.8 Å². The fourth-order valence-corrected chi connectivity index (χ4v) is 4.30. The number of rotatable bonds is 8. The van der Waals surface area contributed by atoms with Crippen LogP contribution in [0.15, 0.2) is 71.6 Å². The van der Waals surface area contributed by atoms with Crippen molar-refractivity contribution in [1.29, 1.82) is 0 Å². The summed E-state index contributed by atoms with van der Waals surface area (Å²) in [6, 6.07) is 18.0. The Bertz CT molecular complexity index is 1430. The number of aromatic amines is 1. The van der Waals surface area contributed by atoms with Gasteiger partial charge in [0, 0.05) is 17.4 Å². The van der Waals surface area contributed by atoms with Crippen molar-refractivity contribution < 1.29 is 22.7 Å². The van der Waals surface area contributed by atoms with Crippen LogP contribution >= 0.6 is 0 Å².